The van der Waals surface area contributed by atoms with Crippen LogP contribution in [0.1, 0.15) is 26.7 Å². The molecule has 2 fully saturated rings. The van der Waals surface area contributed by atoms with Gasteiger partial charge in [0.15, 0.2) is 0 Å². The Balaban J connectivity index is 1.95. The molecule has 2 heterocycles. The van der Waals surface area contributed by atoms with Crippen LogP contribution in [0, 0.1) is 0 Å². The molecule has 64 valence electrons. The molecular weight excluding hydrogens is 138 g/mol. The third-order valence-electron chi connectivity index (χ3n) is 2.79. The summed E-state index contributed by atoms with van der Waals surface area (Å²) in [6.07, 6.45) is 3.30. The summed E-state index contributed by atoms with van der Waals surface area (Å²) in [5, 5.41) is 0. The zero-order valence-electron chi connectivity index (χ0n) is 7.42. The van der Waals surface area contributed by atoms with E-state index in [1.165, 1.54) is 19.4 Å². The third kappa shape index (κ3) is 1.42. The van der Waals surface area contributed by atoms with Gasteiger partial charge in [-0.15, -0.1) is 0 Å². The minimum Gasteiger partial charge on any atom is -0.371 e. The number of rotatable bonds is 2. The van der Waals surface area contributed by atoms with Gasteiger partial charge in [0.05, 0.1) is 12.7 Å². The zero-order chi connectivity index (χ0) is 7.84. The molecule has 0 spiro atoms. The second-order valence-electron chi connectivity index (χ2n) is 3.91. The van der Waals surface area contributed by atoms with E-state index in [1.807, 2.05) is 0 Å². The van der Waals surface area contributed by atoms with Gasteiger partial charge in [-0.1, -0.05) is 0 Å². The molecule has 11 heavy (non-hydrogen) atoms. The quantitative estimate of drug-likeness (QED) is 0.558. The summed E-state index contributed by atoms with van der Waals surface area (Å²) < 4.78 is 5.33. The van der Waals surface area contributed by atoms with Crippen molar-refractivity contribution in [3.8, 4) is 0 Å². The fourth-order valence-electron chi connectivity index (χ4n) is 2.13. The van der Waals surface area contributed by atoms with Crippen molar-refractivity contribution >= 4 is 0 Å². The van der Waals surface area contributed by atoms with Gasteiger partial charge in [0.2, 0.25) is 0 Å². The Labute approximate surface area is 68.5 Å². The van der Waals surface area contributed by atoms with Gasteiger partial charge in [0, 0.05) is 12.1 Å². The normalized spacial score (nSPS) is 38.5. The molecule has 2 aliphatic rings. The maximum Gasteiger partial charge on any atom is 0.0964 e. The van der Waals surface area contributed by atoms with Crippen LogP contribution in [0.25, 0.3) is 0 Å². The number of hydrogen-bond donors (Lipinski definition) is 0. The van der Waals surface area contributed by atoms with E-state index in [9.17, 15) is 0 Å². The van der Waals surface area contributed by atoms with Crippen molar-refractivity contribution in [1.29, 1.82) is 0 Å². The molecule has 0 aromatic heterocycles. The van der Waals surface area contributed by atoms with E-state index in [0.29, 0.717) is 12.1 Å². The van der Waals surface area contributed by atoms with Gasteiger partial charge in [-0.25, -0.2) is 0 Å². The summed E-state index contributed by atoms with van der Waals surface area (Å²) in [5.74, 6) is 0. The topological polar surface area (TPSA) is 15.8 Å². The van der Waals surface area contributed by atoms with Crippen LogP contribution >= 0.6 is 0 Å². The first-order valence-electron chi connectivity index (χ1n) is 4.66. The number of likely N-dealkylation sites (tertiary alicyclic amines) is 1. The Morgan fingerprint density at radius 3 is 2.73 bits per heavy atom. The number of hydrogen-bond acceptors (Lipinski definition) is 2. The third-order valence-corrected chi connectivity index (χ3v) is 2.79. The summed E-state index contributed by atoms with van der Waals surface area (Å²) in [5.41, 5.74) is 0. The average molecular weight is 155 g/mol. The smallest absolute Gasteiger partial charge is 0.0964 e. The van der Waals surface area contributed by atoms with Crippen LogP contribution in [0.5, 0.6) is 0 Å². The molecular formula is C9H17NO. The van der Waals surface area contributed by atoms with Crippen LogP contribution in [0.4, 0.5) is 0 Å². The number of nitrogens with zero attached hydrogens (tertiary/aromatic N) is 1. The molecule has 2 heteroatoms. The monoisotopic (exact) mass is 155 g/mol. The van der Waals surface area contributed by atoms with Gasteiger partial charge >= 0.3 is 0 Å². The fourth-order valence-corrected chi connectivity index (χ4v) is 2.13. The lowest BCUT2D eigenvalue weighted by molar-refractivity contribution is 0.170. The first-order valence-corrected chi connectivity index (χ1v) is 4.66. The van der Waals surface area contributed by atoms with Crippen molar-refractivity contribution in [1.82, 2.24) is 4.90 Å². The summed E-state index contributed by atoms with van der Waals surface area (Å²) in [6.45, 7) is 6.84. The summed E-state index contributed by atoms with van der Waals surface area (Å²) >= 11 is 0. The van der Waals surface area contributed by atoms with Crippen molar-refractivity contribution < 1.29 is 4.74 Å². The number of epoxide rings is 1. The van der Waals surface area contributed by atoms with Crippen LogP contribution in [0.15, 0.2) is 0 Å². The van der Waals surface area contributed by atoms with Crippen molar-refractivity contribution in [2.24, 2.45) is 0 Å². The zero-order valence-corrected chi connectivity index (χ0v) is 7.42. The summed E-state index contributed by atoms with van der Waals surface area (Å²) in [7, 11) is 0. The van der Waals surface area contributed by atoms with Crippen LogP contribution in [-0.2, 0) is 4.74 Å². The molecule has 2 rings (SSSR count). The maximum atomic E-state index is 5.33. The average Bonchev–Trinajstić information content (AvgIpc) is 2.68. The standard InChI is InChI=1S/C9H17NO/c1-7(2)10-5-3-4-8(10)9-6-11-9/h7-9H,3-6H2,1-2H3/t8-,9-/m1/s1. The van der Waals surface area contributed by atoms with E-state index < -0.39 is 0 Å². The molecule has 2 aliphatic heterocycles. The Kier molecular flexibility index (Phi) is 1.90. The molecule has 0 aromatic rings. The van der Waals surface area contributed by atoms with E-state index >= 15 is 0 Å². The molecule has 2 atom stereocenters. The Morgan fingerprint density at radius 2 is 2.18 bits per heavy atom. The molecule has 0 radical (unpaired) electrons. The minimum atomic E-state index is 0.583. The highest BCUT2D eigenvalue weighted by Gasteiger charge is 2.39. The highest BCUT2D eigenvalue weighted by Crippen LogP contribution is 2.29. The highest BCUT2D eigenvalue weighted by molar-refractivity contribution is 4.92. The predicted molar refractivity (Wildman–Crippen MR) is 44.6 cm³/mol. The van der Waals surface area contributed by atoms with Crippen molar-refractivity contribution in [2.75, 3.05) is 13.2 Å². The SMILES string of the molecule is CC(C)N1CCC[C@@H]1[C@H]1CO1. The Morgan fingerprint density at radius 1 is 1.45 bits per heavy atom. The fraction of sp³-hybridized carbons (Fsp3) is 1.00. The van der Waals surface area contributed by atoms with Gasteiger partial charge in [-0.2, -0.15) is 0 Å². The molecule has 0 amide bonds. The largest absolute Gasteiger partial charge is 0.371 e. The van der Waals surface area contributed by atoms with Crippen LogP contribution < -0.4 is 0 Å². The maximum absolute atomic E-state index is 5.33. The first kappa shape index (κ1) is 7.56. The van der Waals surface area contributed by atoms with E-state index in [1.54, 1.807) is 0 Å². The lowest BCUT2D eigenvalue weighted by atomic mass is 10.1. The van der Waals surface area contributed by atoms with E-state index in [-0.39, 0.29) is 0 Å². The Bertz CT molecular complexity index is 134. The molecule has 0 N–H and O–H groups in total. The second kappa shape index (κ2) is 2.76. The number of ether oxygens (including phenoxy) is 1. The lowest BCUT2D eigenvalue weighted by Gasteiger charge is -2.26. The van der Waals surface area contributed by atoms with Gasteiger partial charge in [0.25, 0.3) is 0 Å². The summed E-state index contributed by atoms with van der Waals surface area (Å²) in [6, 6.07) is 1.45. The van der Waals surface area contributed by atoms with Crippen LogP contribution in [-0.4, -0.2) is 36.2 Å². The molecule has 0 saturated carbocycles. The minimum absolute atomic E-state index is 0.583. The Hall–Kier alpha value is -0.0800. The molecule has 0 aromatic carbocycles. The summed E-state index contributed by atoms with van der Waals surface area (Å²) in [4.78, 5) is 2.58. The second-order valence-corrected chi connectivity index (χ2v) is 3.91. The van der Waals surface area contributed by atoms with Crippen LogP contribution in [0.2, 0.25) is 0 Å². The molecule has 2 nitrogen and oxygen atoms in total. The molecule has 0 aliphatic carbocycles. The molecule has 0 unspecified atom stereocenters. The van der Waals surface area contributed by atoms with Gasteiger partial charge in [-0.05, 0) is 33.2 Å². The highest BCUT2D eigenvalue weighted by atomic mass is 16.6. The van der Waals surface area contributed by atoms with Gasteiger partial charge in [-0.3, -0.25) is 4.90 Å². The first-order chi connectivity index (χ1) is 5.29. The van der Waals surface area contributed by atoms with Crippen LogP contribution in [0.3, 0.4) is 0 Å². The molecule has 0 bridgehead atoms. The van der Waals surface area contributed by atoms with Crippen molar-refractivity contribution in [3.05, 3.63) is 0 Å². The van der Waals surface area contributed by atoms with E-state index in [4.69, 9.17) is 4.74 Å². The van der Waals surface area contributed by atoms with Gasteiger partial charge in [0.1, 0.15) is 0 Å². The van der Waals surface area contributed by atoms with E-state index in [2.05, 4.69) is 18.7 Å². The predicted octanol–water partition coefficient (Wildman–Crippen LogP) is 1.26. The molecule has 2 saturated heterocycles. The van der Waals surface area contributed by atoms with E-state index in [0.717, 1.165) is 12.6 Å². The van der Waals surface area contributed by atoms with Crippen molar-refractivity contribution in [3.63, 3.8) is 0 Å². The van der Waals surface area contributed by atoms with Gasteiger partial charge < -0.3 is 4.74 Å². The lowest BCUT2D eigenvalue weighted by Crippen LogP contribution is -2.38. The van der Waals surface area contributed by atoms with Crippen molar-refractivity contribution in [2.45, 2.75) is 44.9 Å².